The average molecular weight is 198 g/mol. The molecule has 0 heterocycles. The Morgan fingerprint density at radius 3 is 2.23 bits per heavy atom. The van der Waals surface area contributed by atoms with Crippen molar-refractivity contribution < 1.29 is 22.7 Å². The zero-order valence-electron chi connectivity index (χ0n) is 7.65. The third-order valence-electron chi connectivity index (χ3n) is 1.54. The van der Waals surface area contributed by atoms with Crippen LogP contribution in [0.2, 0.25) is 0 Å². The smallest absolute Gasteiger partial charge is 0.402 e. The maximum absolute atomic E-state index is 12.1. The van der Waals surface area contributed by atoms with E-state index in [9.17, 15) is 18.0 Å². The highest BCUT2D eigenvalue weighted by molar-refractivity contribution is 5.73. The number of ether oxygens (including phenoxy) is 1. The lowest BCUT2D eigenvalue weighted by atomic mass is 10.1. The number of hydrogen-bond donors (Lipinski definition) is 0. The summed E-state index contributed by atoms with van der Waals surface area (Å²) >= 11 is 0. The first-order chi connectivity index (χ1) is 5.93. The quantitative estimate of drug-likeness (QED) is 0.649. The number of esters is 1. The van der Waals surface area contributed by atoms with E-state index in [4.69, 9.17) is 0 Å². The van der Waals surface area contributed by atoms with Gasteiger partial charge in [-0.25, -0.2) is 0 Å². The fraction of sp³-hybridized carbons (Fsp3) is 0.875. The third kappa shape index (κ3) is 4.15. The van der Waals surface area contributed by atoms with Crippen LogP contribution in [-0.4, -0.2) is 18.8 Å². The lowest BCUT2D eigenvalue weighted by Gasteiger charge is -2.16. The average Bonchev–Trinajstić information content (AvgIpc) is 1.99. The summed E-state index contributed by atoms with van der Waals surface area (Å²) in [6.07, 6.45) is -4.23. The van der Waals surface area contributed by atoms with E-state index >= 15 is 0 Å². The Kier molecular flexibility index (Phi) is 4.80. The van der Waals surface area contributed by atoms with Gasteiger partial charge in [0.1, 0.15) is 0 Å². The standard InChI is InChI=1S/C8H13F3O2/c1-3-5-13-7(12)6(4-2)8(9,10)11/h6H,3-5H2,1-2H3. The molecule has 5 heteroatoms. The molecule has 2 nitrogen and oxygen atoms in total. The second-order valence-electron chi connectivity index (χ2n) is 2.67. The lowest BCUT2D eigenvalue weighted by molar-refractivity contribution is -0.198. The molecule has 0 aliphatic heterocycles. The Hall–Kier alpha value is -0.740. The van der Waals surface area contributed by atoms with E-state index in [2.05, 4.69) is 4.74 Å². The molecule has 0 amide bonds. The van der Waals surface area contributed by atoms with Gasteiger partial charge in [-0.05, 0) is 12.8 Å². The molecule has 1 unspecified atom stereocenters. The van der Waals surface area contributed by atoms with Crippen LogP contribution in [0.5, 0.6) is 0 Å². The highest BCUT2D eigenvalue weighted by Crippen LogP contribution is 2.29. The maximum Gasteiger partial charge on any atom is 0.402 e. The molecule has 0 fully saturated rings. The second-order valence-corrected chi connectivity index (χ2v) is 2.67. The molecule has 0 bridgehead atoms. The molecule has 0 N–H and O–H groups in total. The van der Waals surface area contributed by atoms with Gasteiger partial charge in [-0.15, -0.1) is 0 Å². The van der Waals surface area contributed by atoms with Gasteiger partial charge in [0.15, 0.2) is 5.92 Å². The van der Waals surface area contributed by atoms with E-state index in [1.807, 2.05) is 0 Å². The third-order valence-corrected chi connectivity index (χ3v) is 1.54. The Labute approximate surface area is 75.1 Å². The van der Waals surface area contributed by atoms with Crippen LogP contribution < -0.4 is 0 Å². The van der Waals surface area contributed by atoms with Gasteiger partial charge < -0.3 is 4.74 Å². The minimum Gasteiger partial charge on any atom is -0.465 e. The molecule has 0 saturated carbocycles. The second kappa shape index (κ2) is 5.09. The summed E-state index contributed by atoms with van der Waals surface area (Å²) in [6, 6.07) is 0. The van der Waals surface area contributed by atoms with Crippen molar-refractivity contribution in [2.75, 3.05) is 6.61 Å². The molecule has 0 aromatic rings. The Balaban J connectivity index is 4.16. The Bertz CT molecular complexity index is 165. The van der Waals surface area contributed by atoms with Crippen LogP contribution in [-0.2, 0) is 9.53 Å². The predicted molar refractivity (Wildman–Crippen MR) is 41.1 cm³/mol. The number of alkyl halides is 3. The molecular weight excluding hydrogens is 185 g/mol. The number of carbonyl (C=O) groups is 1. The maximum atomic E-state index is 12.1. The molecular formula is C8H13F3O2. The largest absolute Gasteiger partial charge is 0.465 e. The van der Waals surface area contributed by atoms with Gasteiger partial charge in [0.05, 0.1) is 6.61 Å². The first-order valence-electron chi connectivity index (χ1n) is 4.16. The monoisotopic (exact) mass is 198 g/mol. The van der Waals surface area contributed by atoms with Crippen LogP contribution in [0.25, 0.3) is 0 Å². The summed E-state index contributed by atoms with van der Waals surface area (Å²) in [5.74, 6) is -3.14. The van der Waals surface area contributed by atoms with Crippen LogP contribution in [0.15, 0.2) is 0 Å². The predicted octanol–water partition coefficient (Wildman–Crippen LogP) is 2.53. The van der Waals surface area contributed by atoms with E-state index < -0.39 is 18.1 Å². The van der Waals surface area contributed by atoms with E-state index in [-0.39, 0.29) is 13.0 Å². The minimum atomic E-state index is -4.49. The topological polar surface area (TPSA) is 26.3 Å². The van der Waals surface area contributed by atoms with Gasteiger partial charge in [-0.2, -0.15) is 13.2 Å². The summed E-state index contributed by atoms with van der Waals surface area (Å²) in [5.41, 5.74) is 0. The van der Waals surface area contributed by atoms with Gasteiger partial charge in [-0.1, -0.05) is 13.8 Å². The molecule has 13 heavy (non-hydrogen) atoms. The summed E-state index contributed by atoms with van der Waals surface area (Å²) < 4.78 is 40.7. The molecule has 0 aromatic heterocycles. The van der Waals surface area contributed by atoms with Gasteiger partial charge in [-0.3, -0.25) is 4.79 Å². The van der Waals surface area contributed by atoms with E-state index in [0.29, 0.717) is 6.42 Å². The number of rotatable bonds is 4. The molecule has 78 valence electrons. The molecule has 0 saturated heterocycles. The van der Waals surface area contributed by atoms with Crippen molar-refractivity contribution in [2.45, 2.75) is 32.9 Å². The van der Waals surface area contributed by atoms with Gasteiger partial charge in [0.25, 0.3) is 0 Å². The van der Waals surface area contributed by atoms with Crippen molar-refractivity contribution in [3.63, 3.8) is 0 Å². The minimum absolute atomic E-state index is 0.0470. The van der Waals surface area contributed by atoms with Crippen LogP contribution >= 0.6 is 0 Å². The SMILES string of the molecule is CCCOC(=O)C(CC)C(F)(F)F. The van der Waals surface area contributed by atoms with Crippen LogP contribution in [0.3, 0.4) is 0 Å². The van der Waals surface area contributed by atoms with Gasteiger partial charge in [0.2, 0.25) is 0 Å². The molecule has 0 rings (SSSR count). The molecule has 0 spiro atoms. The first kappa shape index (κ1) is 12.3. The highest BCUT2D eigenvalue weighted by Gasteiger charge is 2.44. The number of hydrogen-bond acceptors (Lipinski definition) is 2. The highest BCUT2D eigenvalue weighted by atomic mass is 19.4. The van der Waals surface area contributed by atoms with Crippen LogP contribution in [0, 0.1) is 5.92 Å². The van der Waals surface area contributed by atoms with Crippen molar-refractivity contribution in [1.29, 1.82) is 0 Å². The first-order valence-corrected chi connectivity index (χ1v) is 4.16. The van der Waals surface area contributed by atoms with Crippen molar-refractivity contribution in [1.82, 2.24) is 0 Å². The van der Waals surface area contributed by atoms with Crippen molar-refractivity contribution in [3.05, 3.63) is 0 Å². The van der Waals surface area contributed by atoms with Gasteiger partial charge >= 0.3 is 12.1 Å². The van der Waals surface area contributed by atoms with Crippen molar-refractivity contribution in [3.8, 4) is 0 Å². The van der Waals surface area contributed by atoms with E-state index in [1.54, 1.807) is 6.92 Å². The molecule has 0 aliphatic carbocycles. The summed E-state index contributed by atoms with van der Waals surface area (Å²) in [7, 11) is 0. The van der Waals surface area contributed by atoms with Crippen LogP contribution in [0.4, 0.5) is 13.2 Å². The fourth-order valence-electron chi connectivity index (χ4n) is 0.835. The zero-order valence-corrected chi connectivity index (χ0v) is 7.65. The van der Waals surface area contributed by atoms with Crippen molar-refractivity contribution >= 4 is 5.97 Å². The molecule has 0 aromatic carbocycles. The molecule has 0 aliphatic rings. The Morgan fingerprint density at radius 1 is 1.38 bits per heavy atom. The van der Waals surface area contributed by atoms with E-state index in [0.717, 1.165) is 0 Å². The summed E-state index contributed by atoms with van der Waals surface area (Å²) in [5, 5.41) is 0. The molecule has 0 radical (unpaired) electrons. The van der Waals surface area contributed by atoms with Crippen molar-refractivity contribution in [2.24, 2.45) is 5.92 Å². The lowest BCUT2D eigenvalue weighted by Crippen LogP contribution is -2.31. The molecule has 1 atom stereocenters. The summed E-state index contributed by atoms with van der Waals surface area (Å²) in [4.78, 5) is 10.8. The summed E-state index contributed by atoms with van der Waals surface area (Å²) in [6.45, 7) is 3.08. The Morgan fingerprint density at radius 2 is 1.92 bits per heavy atom. The van der Waals surface area contributed by atoms with Crippen LogP contribution in [0.1, 0.15) is 26.7 Å². The van der Waals surface area contributed by atoms with E-state index in [1.165, 1.54) is 6.92 Å². The number of carbonyl (C=O) groups excluding carboxylic acids is 1. The number of halogens is 3. The normalized spacial score (nSPS) is 13.9. The zero-order chi connectivity index (χ0) is 10.5. The fourth-order valence-corrected chi connectivity index (χ4v) is 0.835. The van der Waals surface area contributed by atoms with Gasteiger partial charge in [0, 0.05) is 0 Å².